The van der Waals surface area contributed by atoms with Gasteiger partial charge in [-0.1, -0.05) is 60.7 Å². The van der Waals surface area contributed by atoms with E-state index in [0.717, 1.165) is 105 Å². The van der Waals surface area contributed by atoms with Crippen molar-refractivity contribution in [3.05, 3.63) is 140 Å². The minimum atomic E-state index is 0.802. The van der Waals surface area contributed by atoms with Crippen molar-refractivity contribution < 1.29 is 17.7 Å². The second-order valence-electron chi connectivity index (χ2n) is 12.1. The number of benzene rings is 7. The Hall–Kier alpha value is -6.46. The Morgan fingerprint density at radius 1 is 0.298 bits per heavy atom. The maximum atomic E-state index is 6.59. The highest BCUT2D eigenvalue weighted by molar-refractivity contribution is 6.21. The quantitative estimate of drug-likeness (QED) is 0.201. The molecule has 0 unspecified atom stereocenters. The summed E-state index contributed by atoms with van der Waals surface area (Å²) in [6.45, 7) is 0. The molecular weight excluding hydrogens is 582 g/mol. The van der Waals surface area contributed by atoms with Crippen LogP contribution < -0.4 is 4.90 Å². The van der Waals surface area contributed by atoms with E-state index in [9.17, 15) is 0 Å². The van der Waals surface area contributed by atoms with Crippen LogP contribution >= 0.6 is 0 Å². The van der Waals surface area contributed by atoms with Crippen molar-refractivity contribution in [2.45, 2.75) is 0 Å². The van der Waals surface area contributed by atoms with E-state index in [1.807, 2.05) is 42.5 Å². The third-order valence-corrected chi connectivity index (χ3v) is 9.44. The van der Waals surface area contributed by atoms with Crippen molar-refractivity contribution in [1.82, 2.24) is 0 Å². The van der Waals surface area contributed by atoms with Gasteiger partial charge >= 0.3 is 0 Å². The highest BCUT2D eigenvalue weighted by atomic mass is 16.3. The van der Waals surface area contributed by atoms with Gasteiger partial charge in [0.25, 0.3) is 0 Å². The lowest BCUT2D eigenvalue weighted by Crippen LogP contribution is -2.10. The van der Waals surface area contributed by atoms with Crippen molar-refractivity contribution in [1.29, 1.82) is 0 Å². The van der Waals surface area contributed by atoms with Gasteiger partial charge in [0, 0.05) is 49.1 Å². The van der Waals surface area contributed by atoms with E-state index in [1.54, 1.807) is 0 Å². The van der Waals surface area contributed by atoms with E-state index >= 15 is 0 Å². The molecular formula is C42H23NO4. The molecule has 0 aliphatic heterocycles. The molecule has 0 saturated carbocycles. The predicted octanol–water partition coefficient (Wildman–Crippen LogP) is 12.8. The number of furan rings is 4. The monoisotopic (exact) mass is 605 g/mol. The molecule has 0 amide bonds. The number of para-hydroxylation sites is 3. The molecule has 0 saturated heterocycles. The van der Waals surface area contributed by atoms with Crippen molar-refractivity contribution in [2.75, 3.05) is 4.90 Å². The standard InChI is InChI=1S/C42H23NO4/c1-2-9-24(10-3-1)43(25-17-18-36-28(19-25)26-11-4-6-14-34(26)44-36)33-13-8-16-37-42(33)32-23-40-31(22-41(32)46-37)30-21-38-29(20-39(30)47-40)27-12-5-7-15-35(27)45-38/h1-23H. The Labute approximate surface area is 266 Å². The first-order chi connectivity index (χ1) is 23.3. The summed E-state index contributed by atoms with van der Waals surface area (Å²) >= 11 is 0. The van der Waals surface area contributed by atoms with Crippen LogP contribution in [0.15, 0.2) is 157 Å². The first-order valence-corrected chi connectivity index (χ1v) is 15.7. The summed E-state index contributed by atoms with van der Waals surface area (Å²) in [6.07, 6.45) is 0. The normalized spacial score (nSPS) is 12.3. The summed E-state index contributed by atoms with van der Waals surface area (Å²) in [7, 11) is 0. The fourth-order valence-electron chi connectivity index (χ4n) is 7.34. The summed E-state index contributed by atoms with van der Waals surface area (Å²) in [5, 5.41) is 8.30. The molecule has 4 heterocycles. The molecule has 47 heavy (non-hydrogen) atoms. The van der Waals surface area contributed by atoms with Crippen LogP contribution in [0.3, 0.4) is 0 Å². The van der Waals surface area contributed by atoms with Crippen molar-refractivity contribution in [3.63, 3.8) is 0 Å². The summed E-state index contributed by atoms with van der Waals surface area (Å²) < 4.78 is 25.5. The van der Waals surface area contributed by atoms with Gasteiger partial charge in [0.1, 0.15) is 44.7 Å². The Morgan fingerprint density at radius 3 is 1.51 bits per heavy atom. The minimum absolute atomic E-state index is 0.802. The lowest BCUT2D eigenvalue weighted by molar-refractivity contribution is 0.662. The Morgan fingerprint density at radius 2 is 0.787 bits per heavy atom. The van der Waals surface area contributed by atoms with E-state index < -0.39 is 0 Å². The number of rotatable bonds is 3. The summed E-state index contributed by atoms with van der Waals surface area (Å²) in [6, 6.07) is 47.8. The Bertz CT molecular complexity index is 3030. The molecule has 0 bridgehead atoms. The fraction of sp³-hybridized carbons (Fsp3) is 0. The van der Waals surface area contributed by atoms with Crippen LogP contribution in [0.1, 0.15) is 0 Å². The van der Waals surface area contributed by atoms with E-state index in [2.05, 4.69) is 102 Å². The predicted molar refractivity (Wildman–Crippen MR) is 190 cm³/mol. The van der Waals surface area contributed by atoms with E-state index in [1.165, 1.54) is 0 Å². The largest absolute Gasteiger partial charge is 0.456 e. The molecule has 0 atom stereocenters. The molecule has 0 radical (unpaired) electrons. The molecule has 5 heteroatoms. The maximum absolute atomic E-state index is 6.59. The molecule has 0 fully saturated rings. The molecule has 11 rings (SSSR count). The van der Waals surface area contributed by atoms with E-state index in [0.29, 0.717) is 0 Å². The third kappa shape index (κ3) is 3.48. The average molecular weight is 606 g/mol. The molecule has 0 N–H and O–H groups in total. The molecule has 7 aromatic carbocycles. The number of fused-ring (bicyclic) bond motifs is 12. The zero-order valence-electron chi connectivity index (χ0n) is 24.9. The smallest absolute Gasteiger partial charge is 0.137 e. The first kappa shape index (κ1) is 24.8. The Kier molecular flexibility index (Phi) is 4.78. The van der Waals surface area contributed by atoms with Crippen molar-refractivity contribution in [3.8, 4) is 0 Å². The number of hydrogen-bond acceptors (Lipinski definition) is 5. The second-order valence-corrected chi connectivity index (χ2v) is 12.1. The first-order valence-electron chi connectivity index (χ1n) is 15.7. The van der Waals surface area contributed by atoms with Gasteiger partial charge in [-0.25, -0.2) is 0 Å². The van der Waals surface area contributed by atoms with Gasteiger partial charge in [-0.05, 0) is 78.9 Å². The molecule has 11 aromatic rings. The van der Waals surface area contributed by atoms with Crippen LogP contribution in [0.2, 0.25) is 0 Å². The molecule has 5 nitrogen and oxygen atoms in total. The minimum Gasteiger partial charge on any atom is -0.456 e. The van der Waals surface area contributed by atoms with E-state index in [-0.39, 0.29) is 0 Å². The fourth-order valence-corrected chi connectivity index (χ4v) is 7.34. The highest BCUT2D eigenvalue weighted by Gasteiger charge is 2.22. The zero-order chi connectivity index (χ0) is 30.6. The maximum Gasteiger partial charge on any atom is 0.137 e. The van der Waals surface area contributed by atoms with Crippen LogP contribution in [0.5, 0.6) is 0 Å². The second kappa shape index (κ2) is 9.05. The summed E-state index contributed by atoms with van der Waals surface area (Å²) in [5.41, 5.74) is 9.77. The van der Waals surface area contributed by atoms with Gasteiger partial charge in [0.05, 0.1) is 11.1 Å². The molecule has 0 aliphatic carbocycles. The highest BCUT2D eigenvalue weighted by Crippen LogP contribution is 2.46. The summed E-state index contributed by atoms with van der Waals surface area (Å²) in [5.74, 6) is 0. The van der Waals surface area contributed by atoms with Gasteiger partial charge in [-0.2, -0.15) is 0 Å². The van der Waals surface area contributed by atoms with Gasteiger partial charge in [0.15, 0.2) is 0 Å². The number of nitrogens with zero attached hydrogens (tertiary/aromatic N) is 1. The van der Waals surface area contributed by atoms with E-state index in [4.69, 9.17) is 17.7 Å². The van der Waals surface area contributed by atoms with Gasteiger partial charge in [-0.15, -0.1) is 0 Å². The van der Waals surface area contributed by atoms with Crippen LogP contribution in [-0.2, 0) is 0 Å². The third-order valence-electron chi connectivity index (χ3n) is 9.44. The van der Waals surface area contributed by atoms with Gasteiger partial charge in [0.2, 0.25) is 0 Å². The summed E-state index contributed by atoms with van der Waals surface area (Å²) in [4.78, 5) is 2.29. The van der Waals surface area contributed by atoms with Gasteiger partial charge in [-0.3, -0.25) is 0 Å². The number of anilines is 3. The molecule has 4 aromatic heterocycles. The lowest BCUT2D eigenvalue weighted by atomic mass is 10.0. The van der Waals surface area contributed by atoms with Crippen molar-refractivity contribution in [2.24, 2.45) is 0 Å². The average Bonchev–Trinajstić information content (AvgIpc) is 3.86. The van der Waals surface area contributed by atoms with Crippen LogP contribution in [-0.4, -0.2) is 0 Å². The van der Waals surface area contributed by atoms with Crippen molar-refractivity contribution >= 4 is 105 Å². The van der Waals surface area contributed by atoms with Crippen LogP contribution in [0, 0.1) is 0 Å². The van der Waals surface area contributed by atoms with Crippen LogP contribution in [0.25, 0.3) is 87.8 Å². The Balaban J connectivity index is 1.17. The molecule has 0 spiro atoms. The van der Waals surface area contributed by atoms with Crippen LogP contribution in [0.4, 0.5) is 17.1 Å². The SMILES string of the molecule is c1ccc(N(c2ccc3oc4ccccc4c3c2)c2cccc3oc4cc5c(cc4c23)oc2cc3c(cc25)oc2ccccc23)cc1. The molecule has 0 aliphatic rings. The lowest BCUT2D eigenvalue weighted by Gasteiger charge is -2.26. The van der Waals surface area contributed by atoms with Gasteiger partial charge < -0.3 is 22.6 Å². The zero-order valence-corrected chi connectivity index (χ0v) is 24.9. The molecule has 220 valence electrons. The number of hydrogen-bond donors (Lipinski definition) is 0. The topological polar surface area (TPSA) is 55.8 Å².